The van der Waals surface area contributed by atoms with Gasteiger partial charge in [0, 0.05) is 17.1 Å². The maximum absolute atomic E-state index is 11.6. The first-order valence-electron chi connectivity index (χ1n) is 5.90. The van der Waals surface area contributed by atoms with Crippen LogP contribution in [0.5, 0.6) is 5.75 Å². The molecule has 0 aliphatic rings. The molecule has 0 radical (unpaired) electrons. The van der Waals surface area contributed by atoms with Crippen molar-refractivity contribution in [2.24, 2.45) is 5.73 Å². The van der Waals surface area contributed by atoms with E-state index in [1.54, 1.807) is 13.2 Å². The van der Waals surface area contributed by atoms with Gasteiger partial charge in [0.05, 0.1) is 13.7 Å². The first-order chi connectivity index (χ1) is 9.15. The van der Waals surface area contributed by atoms with E-state index in [0.717, 1.165) is 10.8 Å². The van der Waals surface area contributed by atoms with Gasteiger partial charge in [0.1, 0.15) is 11.8 Å². The van der Waals surface area contributed by atoms with Crippen LogP contribution in [0.4, 0.5) is 5.69 Å². The Balaban J connectivity index is 2.37. The van der Waals surface area contributed by atoms with Crippen LogP contribution in [0.15, 0.2) is 36.4 Å². The molecule has 0 spiro atoms. The van der Waals surface area contributed by atoms with Crippen molar-refractivity contribution in [2.45, 2.75) is 6.04 Å². The minimum atomic E-state index is -0.933. The Morgan fingerprint density at radius 3 is 2.84 bits per heavy atom. The van der Waals surface area contributed by atoms with Crippen molar-refractivity contribution in [1.82, 2.24) is 0 Å². The van der Waals surface area contributed by atoms with Crippen LogP contribution in [0.3, 0.4) is 0 Å². The number of benzene rings is 2. The van der Waals surface area contributed by atoms with Crippen LogP contribution in [0.25, 0.3) is 10.8 Å². The van der Waals surface area contributed by atoms with Crippen LogP contribution in [0.2, 0.25) is 0 Å². The molecule has 5 heteroatoms. The van der Waals surface area contributed by atoms with Crippen molar-refractivity contribution >= 4 is 22.4 Å². The van der Waals surface area contributed by atoms with Crippen LogP contribution >= 0.6 is 0 Å². The van der Waals surface area contributed by atoms with Gasteiger partial charge in [0.15, 0.2) is 0 Å². The van der Waals surface area contributed by atoms with Gasteiger partial charge in [-0.05, 0) is 11.5 Å². The first kappa shape index (κ1) is 13.3. The van der Waals surface area contributed by atoms with E-state index in [2.05, 4.69) is 5.32 Å². The molecule has 5 nitrogen and oxygen atoms in total. The first-order valence-corrected chi connectivity index (χ1v) is 5.90. The highest BCUT2D eigenvalue weighted by atomic mass is 16.5. The summed E-state index contributed by atoms with van der Waals surface area (Å²) in [5, 5.41) is 13.4. The second-order valence-electron chi connectivity index (χ2n) is 4.18. The molecule has 4 N–H and O–H groups in total. The Bertz CT molecular complexity index is 598. The Morgan fingerprint density at radius 2 is 2.16 bits per heavy atom. The standard InChI is InChI=1S/C14H16N2O3/c1-19-13-7-10(16-14(18)12(15)8-17)6-9-4-2-3-5-11(9)13/h2-7,12,17H,8,15H2,1H3,(H,16,18). The van der Waals surface area contributed by atoms with Crippen LogP contribution in [0.1, 0.15) is 0 Å². The second kappa shape index (κ2) is 5.69. The third kappa shape index (κ3) is 2.83. The number of aliphatic hydroxyl groups is 1. The lowest BCUT2D eigenvalue weighted by atomic mass is 10.1. The molecule has 0 saturated carbocycles. The Kier molecular flexibility index (Phi) is 3.99. The third-order valence-electron chi connectivity index (χ3n) is 2.84. The normalized spacial score (nSPS) is 12.2. The molecule has 0 heterocycles. The fraction of sp³-hybridized carbons (Fsp3) is 0.214. The lowest BCUT2D eigenvalue weighted by Crippen LogP contribution is -2.38. The number of carbonyl (C=O) groups excluding carboxylic acids is 1. The van der Waals surface area contributed by atoms with Crippen molar-refractivity contribution in [3.05, 3.63) is 36.4 Å². The molecule has 0 fully saturated rings. The van der Waals surface area contributed by atoms with Gasteiger partial charge in [-0.25, -0.2) is 0 Å². The average molecular weight is 260 g/mol. The summed E-state index contributed by atoms with van der Waals surface area (Å²) in [6.07, 6.45) is 0. The summed E-state index contributed by atoms with van der Waals surface area (Å²) in [7, 11) is 1.58. The molecule has 100 valence electrons. The van der Waals surface area contributed by atoms with Gasteiger partial charge >= 0.3 is 0 Å². The molecule has 0 aromatic heterocycles. The Hall–Kier alpha value is -2.11. The summed E-state index contributed by atoms with van der Waals surface area (Å²) in [4.78, 5) is 11.6. The third-order valence-corrected chi connectivity index (χ3v) is 2.84. The second-order valence-corrected chi connectivity index (χ2v) is 4.18. The molecular formula is C14H16N2O3. The molecule has 0 aliphatic carbocycles. The maximum Gasteiger partial charge on any atom is 0.243 e. The zero-order valence-corrected chi connectivity index (χ0v) is 10.6. The predicted octanol–water partition coefficient (Wildman–Crippen LogP) is 1.11. The number of aliphatic hydroxyl groups excluding tert-OH is 1. The minimum Gasteiger partial charge on any atom is -0.496 e. The number of hydrogen-bond donors (Lipinski definition) is 3. The lowest BCUT2D eigenvalue weighted by molar-refractivity contribution is -0.118. The van der Waals surface area contributed by atoms with E-state index < -0.39 is 18.6 Å². The van der Waals surface area contributed by atoms with E-state index in [9.17, 15) is 4.79 Å². The number of fused-ring (bicyclic) bond motifs is 1. The summed E-state index contributed by atoms with van der Waals surface area (Å²) in [5.74, 6) is 0.241. The number of hydrogen-bond acceptors (Lipinski definition) is 4. The molecule has 1 unspecified atom stereocenters. The summed E-state index contributed by atoms with van der Waals surface area (Å²) in [5.41, 5.74) is 6.04. The predicted molar refractivity (Wildman–Crippen MR) is 74.2 cm³/mol. The minimum absolute atomic E-state index is 0.392. The maximum atomic E-state index is 11.6. The summed E-state index contributed by atoms with van der Waals surface area (Å²) < 4.78 is 5.30. The zero-order chi connectivity index (χ0) is 13.8. The largest absolute Gasteiger partial charge is 0.496 e. The number of anilines is 1. The van der Waals surface area contributed by atoms with E-state index in [-0.39, 0.29) is 0 Å². The highest BCUT2D eigenvalue weighted by molar-refractivity contribution is 5.99. The molecule has 0 bridgehead atoms. The molecule has 19 heavy (non-hydrogen) atoms. The molecule has 0 saturated heterocycles. The Labute approximate surface area is 111 Å². The van der Waals surface area contributed by atoms with Gasteiger partial charge in [-0.1, -0.05) is 24.3 Å². The number of rotatable bonds is 4. The summed E-state index contributed by atoms with van der Waals surface area (Å²) in [6.45, 7) is -0.392. The van der Waals surface area contributed by atoms with Crippen molar-refractivity contribution in [3.63, 3.8) is 0 Å². The van der Waals surface area contributed by atoms with Crippen molar-refractivity contribution in [2.75, 3.05) is 19.0 Å². The molecule has 2 aromatic rings. The molecule has 2 aromatic carbocycles. The van der Waals surface area contributed by atoms with E-state index in [0.29, 0.717) is 11.4 Å². The Morgan fingerprint density at radius 1 is 1.42 bits per heavy atom. The van der Waals surface area contributed by atoms with Crippen LogP contribution in [0, 0.1) is 0 Å². The topological polar surface area (TPSA) is 84.6 Å². The van der Waals surface area contributed by atoms with Crippen molar-refractivity contribution in [3.8, 4) is 5.75 Å². The van der Waals surface area contributed by atoms with Gasteiger partial charge in [-0.2, -0.15) is 0 Å². The van der Waals surface area contributed by atoms with E-state index in [1.807, 2.05) is 30.3 Å². The van der Waals surface area contributed by atoms with E-state index >= 15 is 0 Å². The summed E-state index contributed by atoms with van der Waals surface area (Å²) in [6, 6.07) is 10.3. The van der Waals surface area contributed by atoms with Gasteiger partial charge in [-0.15, -0.1) is 0 Å². The van der Waals surface area contributed by atoms with Gasteiger partial charge in [0.2, 0.25) is 5.91 Å². The fourth-order valence-electron chi connectivity index (χ4n) is 1.83. The monoisotopic (exact) mass is 260 g/mol. The number of amides is 1. The zero-order valence-electron chi connectivity index (χ0n) is 10.6. The highest BCUT2D eigenvalue weighted by Gasteiger charge is 2.13. The smallest absolute Gasteiger partial charge is 0.243 e. The van der Waals surface area contributed by atoms with Crippen LogP contribution in [-0.4, -0.2) is 30.8 Å². The number of nitrogens with one attached hydrogen (secondary N) is 1. The molecule has 2 rings (SSSR count). The SMILES string of the molecule is COc1cc(NC(=O)C(N)CO)cc2ccccc12. The van der Waals surface area contributed by atoms with Gasteiger partial charge < -0.3 is 20.9 Å². The van der Waals surface area contributed by atoms with E-state index in [4.69, 9.17) is 15.6 Å². The highest BCUT2D eigenvalue weighted by Crippen LogP contribution is 2.29. The number of carbonyl (C=O) groups is 1. The van der Waals surface area contributed by atoms with Crippen LogP contribution < -0.4 is 15.8 Å². The number of methoxy groups -OCH3 is 1. The van der Waals surface area contributed by atoms with E-state index in [1.165, 1.54) is 0 Å². The van der Waals surface area contributed by atoms with Gasteiger partial charge in [-0.3, -0.25) is 4.79 Å². The molecule has 1 atom stereocenters. The van der Waals surface area contributed by atoms with Crippen molar-refractivity contribution in [1.29, 1.82) is 0 Å². The number of ether oxygens (including phenoxy) is 1. The quantitative estimate of drug-likeness (QED) is 0.768. The van der Waals surface area contributed by atoms with Gasteiger partial charge in [0.25, 0.3) is 0 Å². The van der Waals surface area contributed by atoms with Crippen LogP contribution in [-0.2, 0) is 4.79 Å². The molecular weight excluding hydrogens is 244 g/mol. The molecule has 0 aliphatic heterocycles. The van der Waals surface area contributed by atoms with Crippen molar-refractivity contribution < 1.29 is 14.6 Å². The average Bonchev–Trinajstić information content (AvgIpc) is 2.45. The fourth-order valence-corrected chi connectivity index (χ4v) is 1.83. The lowest BCUT2D eigenvalue weighted by Gasteiger charge is -2.12. The number of nitrogens with two attached hydrogens (primary N) is 1. The molecule has 1 amide bonds. The summed E-state index contributed by atoms with van der Waals surface area (Å²) >= 11 is 0.